The number of aromatic nitrogens is 2. The molecule has 0 atom stereocenters. The lowest BCUT2D eigenvalue weighted by Crippen LogP contribution is -2.07. The van der Waals surface area contributed by atoms with Crippen LogP contribution in [-0.2, 0) is 6.42 Å². The smallest absolute Gasteiger partial charge is 0.223 e. The van der Waals surface area contributed by atoms with Gasteiger partial charge in [-0.2, -0.15) is 4.98 Å². The Morgan fingerprint density at radius 3 is 2.94 bits per heavy atom. The van der Waals surface area contributed by atoms with Crippen LogP contribution in [0, 0.1) is 10.5 Å². The first kappa shape index (κ1) is 12.2. The molecule has 0 radical (unpaired) electrons. The maximum Gasteiger partial charge on any atom is 0.223 e. The molecule has 1 aromatic heterocycles. The summed E-state index contributed by atoms with van der Waals surface area (Å²) >= 11 is 2.25. The van der Waals surface area contributed by atoms with Gasteiger partial charge in [-0.15, -0.1) is 0 Å². The summed E-state index contributed by atoms with van der Waals surface area (Å²) in [6.07, 6.45) is 0.734. The Labute approximate surface area is 113 Å². The molecule has 0 aliphatic heterocycles. The van der Waals surface area contributed by atoms with Crippen LogP contribution in [0.2, 0.25) is 0 Å². The molecule has 0 saturated heterocycles. The number of aryl methyl sites for hydroxylation is 1. The van der Waals surface area contributed by atoms with Crippen LogP contribution in [0.5, 0.6) is 0 Å². The fourth-order valence-electron chi connectivity index (χ4n) is 1.43. The van der Waals surface area contributed by atoms with Gasteiger partial charge in [0, 0.05) is 34.8 Å². The quantitative estimate of drug-likeness (QED) is 0.657. The van der Waals surface area contributed by atoms with Gasteiger partial charge in [-0.25, -0.2) is 0 Å². The van der Waals surface area contributed by atoms with Crippen molar-refractivity contribution in [2.45, 2.75) is 13.3 Å². The van der Waals surface area contributed by atoms with Gasteiger partial charge in [0.1, 0.15) is 0 Å². The average Bonchev–Trinajstić information content (AvgIpc) is 2.68. The van der Waals surface area contributed by atoms with E-state index in [-0.39, 0.29) is 0 Å². The highest BCUT2D eigenvalue weighted by molar-refractivity contribution is 14.1. The molecular formula is C11H13IN4O. The van der Waals surface area contributed by atoms with Gasteiger partial charge in [0.25, 0.3) is 0 Å². The van der Waals surface area contributed by atoms with Crippen molar-refractivity contribution in [3.63, 3.8) is 0 Å². The van der Waals surface area contributed by atoms with Crippen molar-refractivity contribution >= 4 is 34.0 Å². The van der Waals surface area contributed by atoms with Crippen LogP contribution >= 0.6 is 22.6 Å². The monoisotopic (exact) mass is 344 g/mol. The summed E-state index contributed by atoms with van der Waals surface area (Å²) in [6, 6.07) is 5.78. The second-order valence-corrected chi connectivity index (χ2v) is 4.81. The van der Waals surface area contributed by atoms with E-state index in [1.165, 1.54) is 0 Å². The number of nitrogen functional groups attached to an aromatic ring is 1. The Morgan fingerprint density at radius 1 is 1.47 bits per heavy atom. The van der Waals surface area contributed by atoms with Gasteiger partial charge in [0.05, 0.1) is 0 Å². The summed E-state index contributed by atoms with van der Waals surface area (Å²) in [5.74, 6) is 1.32. The Bertz CT molecular complexity index is 512. The molecule has 90 valence electrons. The van der Waals surface area contributed by atoms with Crippen molar-refractivity contribution in [1.29, 1.82) is 0 Å². The first-order valence-electron chi connectivity index (χ1n) is 5.23. The van der Waals surface area contributed by atoms with E-state index in [0.717, 1.165) is 33.7 Å². The first-order valence-corrected chi connectivity index (χ1v) is 6.31. The zero-order valence-electron chi connectivity index (χ0n) is 9.40. The van der Waals surface area contributed by atoms with Gasteiger partial charge >= 0.3 is 0 Å². The lowest BCUT2D eigenvalue weighted by atomic mass is 10.3. The molecule has 0 aliphatic carbocycles. The lowest BCUT2D eigenvalue weighted by Gasteiger charge is -2.07. The van der Waals surface area contributed by atoms with Gasteiger partial charge in [0.15, 0.2) is 5.82 Å². The third kappa shape index (κ3) is 3.32. The molecule has 0 amide bonds. The molecule has 0 fully saturated rings. The van der Waals surface area contributed by atoms with Crippen molar-refractivity contribution in [1.82, 2.24) is 10.1 Å². The third-order valence-electron chi connectivity index (χ3n) is 2.23. The summed E-state index contributed by atoms with van der Waals surface area (Å²) in [4.78, 5) is 4.14. The molecule has 1 heterocycles. The van der Waals surface area contributed by atoms with Crippen LogP contribution in [0.4, 0.5) is 11.4 Å². The molecule has 6 heteroatoms. The lowest BCUT2D eigenvalue weighted by molar-refractivity contribution is 0.387. The van der Waals surface area contributed by atoms with E-state index in [2.05, 4.69) is 38.0 Å². The topological polar surface area (TPSA) is 77.0 Å². The van der Waals surface area contributed by atoms with Crippen LogP contribution in [0.3, 0.4) is 0 Å². The largest absolute Gasteiger partial charge is 0.399 e. The summed E-state index contributed by atoms with van der Waals surface area (Å²) < 4.78 is 6.00. The Hall–Kier alpha value is -1.31. The molecule has 1 aromatic carbocycles. The molecule has 0 saturated carbocycles. The van der Waals surface area contributed by atoms with Crippen molar-refractivity contribution in [2.75, 3.05) is 17.6 Å². The predicted molar refractivity (Wildman–Crippen MR) is 74.8 cm³/mol. The molecule has 3 N–H and O–H groups in total. The molecule has 0 aliphatic rings. The second kappa shape index (κ2) is 5.35. The molecule has 2 aromatic rings. The first-order chi connectivity index (χ1) is 8.15. The Kier molecular flexibility index (Phi) is 3.82. The van der Waals surface area contributed by atoms with Gasteiger partial charge < -0.3 is 15.6 Å². The highest BCUT2D eigenvalue weighted by atomic mass is 127. The molecule has 17 heavy (non-hydrogen) atoms. The maximum absolute atomic E-state index is 5.69. The fourth-order valence-corrected chi connectivity index (χ4v) is 2.16. The number of halogens is 1. The number of benzene rings is 1. The van der Waals surface area contributed by atoms with Crippen LogP contribution in [0.1, 0.15) is 11.7 Å². The minimum Gasteiger partial charge on any atom is -0.399 e. The normalized spacial score (nSPS) is 10.5. The van der Waals surface area contributed by atoms with Gasteiger partial charge in [-0.1, -0.05) is 5.16 Å². The van der Waals surface area contributed by atoms with E-state index in [9.17, 15) is 0 Å². The van der Waals surface area contributed by atoms with Crippen molar-refractivity contribution < 1.29 is 4.52 Å². The standard InChI is InChI=1S/C11H13IN4O/c1-7-15-11(16-17-7)4-5-14-10-3-2-8(13)6-9(10)12/h2-3,6,14H,4-5,13H2,1H3. The molecule has 2 rings (SSSR count). The number of hydrogen-bond donors (Lipinski definition) is 2. The van der Waals surface area contributed by atoms with E-state index in [1.807, 2.05) is 18.2 Å². The minimum atomic E-state index is 0.599. The van der Waals surface area contributed by atoms with Crippen molar-refractivity contribution in [2.24, 2.45) is 0 Å². The highest BCUT2D eigenvalue weighted by Gasteiger charge is 2.03. The van der Waals surface area contributed by atoms with Crippen molar-refractivity contribution in [3.05, 3.63) is 33.5 Å². The number of rotatable bonds is 4. The molecule has 0 unspecified atom stereocenters. The van der Waals surface area contributed by atoms with Gasteiger partial charge in [-0.3, -0.25) is 0 Å². The number of nitrogens with two attached hydrogens (primary N) is 1. The number of nitrogens with zero attached hydrogens (tertiary/aromatic N) is 2. The van der Waals surface area contributed by atoms with E-state index in [0.29, 0.717) is 5.89 Å². The summed E-state index contributed by atoms with van der Waals surface area (Å²) in [5.41, 5.74) is 7.53. The van der Waals surface area contributed by atoms with Gasteiger partial charge in [-0.05, 0) is 40.8 Å². The van der Waals surface area contributed by atoms with Crippen molar-refractivity contribution in [3.8, 4) is 0 Å². The summed E-state index contributed by atoms with van der Waals surface area (Å²) in [5, 5.41) is 7.15. The third-order valence-corrected chi connectivity index (χ3v) is 3.12. The highest BCUT2D eigenvalue weighted by Crippen LogP contribution is 2.20. The fraction of sp³-hybridized carbons (Fsp3) is 0.273. The zero-order chi connectivity index (χ0) is 12.3. The van der Waals surface area contributed by atoms with Gasteiger partial charge in [0.2, 0.25) is 5.89 Å². The molecular weight excluding hydrogens is 331 g/mol. The molecule has 0 bridgehead atoms. The van der Waals surface area contributed by atoms with Crippen LogP contribution in [0.25, 0.3) is 0 Å². The Balaban J connectivity index is 1.90. The van der Waals surface area contributed by atoms with E-state index >= 15 is 0 Å². The number of anilines is 2. The molecule has 5 nitrogen and oxygen atoms in total. The van der Waals surface area contributed by atoms with E-state index in [4.69, 9.17) is 10.3 Å². The minimum absolute atomic E-state index is 0.599. The predicted octanol–water partition coefficient (Wildman–Crippen LogP) is 2.22. The van der Waals surface area contributed by atoms with Crippen LogP contribution < -0.4 is 11.1 Å². The average molecular weight is 344 g/mol. The van der Waals surface area contributed by atoms with Crippen LogP contribution in [-0.4, -0.2) is 16.7 Å². The number of nitrogens with one attached hydrogen (secondary N) is 1. The maximum atomic E-state index is 5.69. The SMILES string of the molecule is Cc1nc(CCNc2ccc(N)cc2I)no1. The number of hydrogen-bond acceptors (Lipinski definition) is 5. The summed E-state index contributed by atoms with van der Waals surface area (Å²) in [6.45, 7) is 2.55. The molecule has 0 spiro atoms. The Morgan fingerprint density at radius 2 is 2.29 bits per heavy atom. The summed E-state index contributed by atoms with van der Waals surface area (Å²) in [7, 11) is 0. The second-order valence-electron chi connectivity index (χ2n) is 3.65. The van der Waals surface area contributed by atoms with Crippen LogP contribution in [0.15, 0.2) is 22.7 Å². The van der Waals surface area contributed by atoms with E-state index in [1.54, 1.807) is 6.92 Å². The van der Waals surface area contributed by atoms with E-state index < -0.39 is 0 Å². The zero-order valence-corrected chi connectivity index (χ0v) is 11.6.